The molecule has 0 bridgehead atoms. The van der Waals surface area contributed by atoms with Gasteiger partial charge in [-0.25, -0.2) is 4.79 Å². The largest absolute Gasteiger partial charge is 0.478 e. The summed E-state index contributed by atoms with van der Waals surface area (Å²) in [5.41, 5.74) is 3.63. The number of hydrogen-bond acceptors (Lipinski definition) is 4. The average molecular weight is 401 g/mol. The van der Waals surface area contributed by atoms with Crippen LogP contribution < -0.4 is 4.74 Å². The van der Waals surface area contributed by atoms with Crippen LogP contribution in [0.25, 0.3) is 16.7 Å². The molecule has 30 heavy (non-hydrogen) atoms. The molecule has 4 aromatic rings. The second-order valence-corrected chi connectivity index (χ2v) is 8.16. The van der Waals surface area contributed by atoms with Crippen molar-refractivity contribution in [3.05, 3.63) is 83.9 Å². The van der Waals surface area contributed by atoms with E-state index in [9.17, 15) is 9.90 Å². The molecule has 0 aliphatic rings. The van der Waals surface area contributed by atoms with Gasteiger partial charge in [-0.1, -0.05) is 69.3 Å². The summed E-state index contributed by atoms with van der Waals surface area (Å²) < 4.78 is 6.01. The zero-order chi connectivity index (χ0) is 21.3. The first-order valence-corrected chi connectivity index (χ1v) is 9.74. The number of carbonyl (C=O) groups is 1. The predicted octanol–water partition coefficient (Wildman–Crippen LogP) is 4.92. The van der Waals surface area contributed by atoms with Gasteiger partial charge < -0.3 is 9.84 Å². The number of aromatic nitrogens is 3. The van der Waals surface area contributed by atoms with Crippen LogP contribution in [-0.2, 0) is 10.2 Å². The van der Waals surface area contributed by atoms with Gasteiger partial charge in [0.1, 0.15) is 22.5 Å². The summed E-state index contributed by atoms with van der Waals surface area (Å²) >= 11 is 0. The first-order valence-electron chi connectivity index (χ1n) is 9.74. The molecule has 1 heterocycles. The third-order valence-corrected chi connectivity index (χ3v) is 4.90. The molecular formula is C24H23N3O3. The minimum atomic E-state index is -1.14. The van der Waals surface area contributed by atoms with Crippen molar-refractivity contribution in [3.8, 4) is 11.4 Å². The molecule has 1 atom stereocenters. The average Bonchev–Trinajstić information content (AvgIpc) is 3.15. The molecule has 0 saturated carbocycles. The van der Waals surface area contributed by atoms with Crippen molar-refractivity contribution < 1.29 is 14.6 Å². The highest BCUT2D eigenvalue weighted by molar-refractivity contribution is 5.75. The number of nitrogens with zero attached hydrogens (tertiary/aromatic N) is 3. The summed E-state index contributed by atoms with van der Waals surface area (Å²) in [6.45, 7) is 6.34. The molecule has 0 amide bonds. The molecule has 6 nitrogen and oxygen atoms in total. The minimum absolute atomic E-state index is 0.106. The summed E-state index contributed by atoms with van der Waals surface area (Å²) in [7, 11) is 0. The number of aliphatic carboxylic acids is 1. The maximum absolute atomic E-state index is 12.0. The van der Waals surface area contributed by atoms with Gasteiger partial charge in [0.2, 0.25) is 6.10 Å². The number of carboxylic acids is 1. The highest BCUT2D eigenvalue weighted by Gasteiger charge is 2.25. The van der Waals surface area contributed by atoms with Crippen LogP contribution in [0.3, 0.4) is 0 Å². The Kier molecular flexibility index (Phi) is 4.99. The molecule has 4 rings (SSSR count). The lowest BCUT2D eigenvalue weighted by molar-refractivity contribution is -0.145. The van der Waals surface area contributed by atoms with Gasteiger partial charge in [-0.2, -0.15) is 0 Å². The number of carboxylic acid groups (broad SMARTS) is 1. The highest BCUT2D eigenvalue weighted by atomic mass is 16.5. The van der Waals surface area contributed by atoms with Gasteiger partial charge in [0.05, 0.1) is 0 Å². The second-order valence-electron chi connectivity index (χ2n) is 8.16. The van der Waals surface area contributed by atoms with E-state index in [1.54, 1.807) is 30.3 Å². The molecule has 3 aromatic carbocycles. The Morgan fingerprint density at radius 1 is 0.933 bits per heavy atom. The first kappa shape index (κ1) is 19.6. The van der Waals surface area contributed by atoms with E-state index >= 15 is 0 Å². The molecule has 6 heteroatoms. The second kappa shape index (κ2) is 7.63. The van der Waals surface area contributed by atoms with E-state index < -0.39 is 12.1 Å². The molecule has 0 saturated heterocycles. The zero-order valence-corrected chi connectivity index (χ0v) is 17.1. The van der Waals surface area contributed by atoms with E-state index in [1.807, 2.05) is 42.5 Å². The third-order valence-electron chi connectivity index (χ3n) is 4.90. The first-order chi connectivity index (χ1) is 14.3. The number of benzene rings is 3. The van der Waals surface area contributed by atoms with Crippen LogP contribution in [0.5, 0.6) is 5.75 Å². The van der Waals surface area contributed by atoms with Crippen molar-refractivity contribution >= 4 is 17.0 Å². The lowest BCUT2D eigenvalue weighted by atomic mass is 9.87. The van der Waals surface area contributed by atoms with Gasteiger partial charge in [-0.3, -0.25) is 0 Å². The van der Waals surface area contributed by atoms with Gasteiger partial charge >= 0.3 is 5.97 Å². The van der Waals surface area contributed by atoms with Crippen molar-refractivity contribution in [2.75, 3.05) is 0 Å². The molecule has 1 N–H and O–H groups in total. The topological polar surface area (TPSA) is 77.2 Å². The lowest BCUT2D eigenvalue weighted by Gasteiger charge is -2.22. The van der Waals surface area contributed by atoms with E-state index in [0.717, 1.165) is 16.6 Å². The number of fused-ring (bicyclic) bond motifs is 1. The van der Waals surface area contributed by atoms with Gasteiger partial charge in [-0.15, -0.1) is 15.0 Å². The zero-order valence-electron chi connectivity index (χ0n) is 17.1. The van der Waals surface area contributed by atoms with Crippen LogP contribution in [0.4, 0.5) is 0 Å². The fourth-order valence-corrected chi connectivity index (χ4v) is 3.22. The minimum Gasteiger partial charge on any atom is -0.478 e. The normalized spacial score (nSPS) is 12.6. The van der Waals surface area contributed by atoms with Crippen molar-refractivity contribution in [1.29, 1.82) is 0 Å². The summed E-state index contributed by atoms with van der Waals surface area (Å²) in [4.78, 5) is 13.5. The summed E-state index contributed by atoms with van der Waals surface area (Å²) in [5, 5.41) is 18.9. The van der Waals surface area contributed by atoms with Gasteiger partial charge in [0.15, 0.2) is 0 Å². The fraction of sp³-hybridized carbons (Fsp3) is 0.208. The Balaban J connectivity index is 1.83. The quantitative estimate of drug-likeness (QED) is 0.513. The molecule has 0 fully saturated rings. The van der Waals surface area contributed by atoms with E-state index in [4.69, 9.17) is 4.74 Å². The maximum Gasteiger partial charge on any atom is 0.349 e. The van der Waals surface area contributed by atoms with Crippen molar-refractivity contribution in [2.24, 2.45) is 0 Å². The summed E-state index contributed by atoms with van der Waals surface area (Å²) in [6.07, 6.45) is -1.14. The monoisotopic (exact) mass is 401 g/mol. The third kappa shape index (κ3) is 3.89. The van der Waals surface area contributed by atoms with Gasteiger partial charge in [0, 0.05) is 5.56 Å². The number of rotatable bonds is 5. The molecular weight excluding hydrogens is 378 g/mol. The molecule has 0 aliphatic carbocycles. The summed E-state index contributed by atoms with van der Waals surface area (Å²) in [6, 6.07) is 22.2. The summed E-state index contributed by atoms with van der Waals surface area (Å²) in [5.74, 6) is -0.662. The van der Waals surface area contributed by atoms with Crippen LogP contribution in [0.1, 0.15) is 38.0 Å². The Labute approximate surface area is 174 Å². The van der Waals surface area contributed by atoms with Crippen LogP contribution in [-0.4, -0.2) is 26.1 Å². The number of ether oxygens (including phenoxy) is 1. The molecule has 0 aliphatic heterocycles. The molecule has 152 valence electrons. The molecule has 0 radical (unpaired) electrons. The molecule has 1 aromatic heterocycles. The Bertz CT molecular complexity index is 1160. The van der Waals surface area contributed by atoms with Gasteiger partial charge in [0.25, 0.3) is 0 Å². The fourth-order valence-electron chi connectivity index (χ4n) is 3.22. The Hall–Kier alpha value is -3.67. The number of hydrogen-bond donors (Lipinski definition) is 1. The predicted molar refractivity (Wildman–Crippen MR) is 115 cm³/mol. The van der Waals surface area contributed by atoms with Crippen LogP contribution >= 0.6 is 0 Å². The van der Waals surface area contributed by atoms with Crippen LogP contribution in [0.15, 0.2) is 72.8 Å². The van der Waals surface area contributed by atoms with Crippen molar-refractivity contribution in [2.45, 2.75) is 32.3 Å². The standard InChI is InChI=1S/C24H23N3O3/c1-24(2,3)17-13-14-21(30-22(23(28)29)16-9-5-4-6-10-16)20(15-17)27-25-18-11-7-8-12-19(18)26-27/h4-15,22H,1-3H3,(H,28,29). The molecule has 1 unspecified atom stereocenters. The van der Waals surface area contributed by atoms with Crippen LogP contribution in [0.2, 0.25) is 0 Å². The maximum atomic E-state index is 12.0. The van der Waals surface area contributed by atoms with E-state index in [-0.39, 0.29) is 5.41 Å². The highest BCUT2D eigenvalue weighted by Crippen LogP contribution is 2.33. The Morgan fingerprint density at radius 3 is 2.10 bits per heavy atom. The lowest BCUT2D eigenvalue weighted by Crippen LogP contribution is -2.20. The smallest absolute Gasteiger partial charge is 0.349 e. The van der Waals surface area contributed by atoms with Gasteiger partial charge in [-0.05, 0) is 35.2 Å². The van der Waals surface area contributed by atoms with Crippen LogP contribution in [0, 0.1) is 0 Å². The van der Waals surface area contributed by atoms with Crippen molar-refractivity contribution in [3.63, 3.8) is 0 Å². The molecule has 0 spiro atoms. The SMILES string of the molecule is CC(C)(C)c1ccc(OC(C(=O)O)c2ccccc2)c(-n2nc3ccccc3n2)c1. The van der Waals surface area contributed by atoms with E-state index in [2.05, 4.69) is 31.0 Å². The van der Waals surface area contributed by atoms with E-state index in [0.29, 0.717) is 17.0 Å². The van der Waals surface area contributed by atoms with Crippen molar-refractivity contribution in [1.82, 2.24) is 15.0 Å². The Morgan fingerprint density at radius 2 is 1.53 bits per heavy atom. The van der Waals surface area contributed by atoms with E-state index in [1.165, 1.54) is 4.80 Å².